The van der Waals surface area contributed by atoms with Gasteiger partial charge in [0.1, 0.15) is 12.7 Å². The number of pyridine rings is 1. The van der Waals surface area contributed by atoms with Crippen molar-refractivity contribution in [1.82, 2.24) is 30.4 Å². The molecule has 0 bridgehead atoms. The first kappa shape index (κ1) is 20.3. The number of amides is 1. The van der Waals surface area contributed by atoms with Crippen molar-refractivity contribution < 1.29 is 4.79 Å². The Bertz CT molecular complexity index is 563. The molecular formula is C13H20Cl2N6O. The molecule has 2 N–H and O–H groups in total. The number of carbonyl (C=O) groups excluding carboxylic acids is 1. The summed E-state index contributed by atoms with van der Waals surface area (Å²) in [6, 6.07) is 3.59. The average molecular weight is 347 g/mol. The predicted octanol–water partition coefficient (Wildman–Crippen LogP) is 1.23. The molecule has 7 nitrogen and oxygen atoms in total. The van der Waals surface area contributed by atoms with Crippen molar-refractivity contribution in [3.63, 3.8) is 0 Å². The maximum absolute atomic E-state index is 12.1. The fourth-order valence-electron chi connectivity index (χ4n) is 1.78. The van der Waals surface area contributed by atoms with Gasteiger partial charge in [0.15, 0.2) is 5.82 Å². The van der Waals surface area contributed by atoms with E-state index >= 15 is 0 Å². The third kappa shape index (κ3) is 5.59. The van der Waals surface area contributed by atoms with Crippen LogP contribution < -0.4 is 10.6 Å². The molecule has 1 amide bonds. The molecule has 0 saturated carbocycles. The Hall–Kier alpha value is -1.70. The minimum absolute atomic E-state index is 0. The topological polar surface area (TPSA) is 84.7 Å². The molecule has 0 radical (unpaired) electrons. The van der Waals surface area contributed by atoms with Gasteiger partial charge in [-0.1, -0.05) is 6.92 Å². The minimum Gasteiger partial charge on any atom is -0.350 e. The van der Waals surface area contributed by atoms with Gasteiger partial charge in [0.25, 0.3) is 5.91 Å². The van der Waals surface area contributed by atoms with Crippen molar-refractivity contribution in [3.05, 3.63) is 36.5 Å². The lowest BCUT2D eigenvalue weighted by Crippen LogP contribution is -2.38. The predicted molar refractivity (Wildman–Crippen MR) is 89.1 cm³/mol. The Kier molecular flexibility index (Phi) is 9.32. The Morgan fingerprint density at radius 3 is 2.82 bits per heavy atom. The number of aromatic nitrogens is 4. The maximum Gasteiger partial charge on any atom is 0.251 e. The largest absolute Gasteiger partial charge is 0.350 e. The third-order valence-electron chi connectivity index (χ3n) is 2.78. The van der Waals surface area contributed by atoms with Crippen LogP contribution in [0.25, 0.3) is 5.82 Å². The van der Waals surface area contributed by atoms with Crippen LogP contribution in [-0.4, -0.2) is 44.8 Å². The second kappa shape index (κ2) is 10.1. The van der Waals surface area contributed by atoms with Gasteiger partial charge in [0.2, 0.25) is 0 Å². The number of likely N-dealkylation sites (N-methyl/N-ethyl adjacent to an activating group) is 1. The molecule has 2 aromatic heterocycles. The fourth-order valence-corrected chi connectivity index (χ4v) is 1.78. The van der Waals surface area contributed by atoms with Gasteiger partial charge >= 0.3 is 0 Å². The number of halogens is 2. The van der Waals surface area contributed by atoms with Crippen LogP contribution in [0.1, 0.15) is 24.2 Å². The first-order valence-corrected chi connectivity index (χ1v) is 6.53. The Morgan fingerprint density at radius 1 is 1.41 bits per heavy atom. The zero-order valence-electron chi connectivity index (χ0n) is 12.4. The van der Waals surface area contributed by atoms with E-state index in [2.05, 4.69) is 25.7 Å². The second-order valence-corrected chi connectivity index (χ2v) is 4.41. The van der Waals surface area contributed by atoms with Crippen molar-refractivity contribution in [1.29, 1.82) is 0 Å². The molecule has 2 rings (SSSR count). The lowest BCUT2D eigenvalue weighted by Gasteiger charge is -2.13. The van der Waals surface area contributed by atoms with Crippen LogP contribution >= 0.6 is 24.8 Å². The zero-order valence-corrected chi connectivity index (χ0v) is 14.0. The van der Waals surface area contributed by atoms with Gasteiger partial charge in [-0.05, 0) is 25.6 Å². The molecule has 1 atom stereocenters. The average Bonchev–Trinajstić information content (AvgIpc) is 2.99. The summed E-state index contributed by atoms with van der Waals surface area (Å²) in [6.07, 6.45) is 4.55. The van der Waals surface area contributed by atoms with E-state index in [0.29, 0.717) is 17.9 Å². The number of carbonyl (C=O) groups is 1. The summed E-state index contributed by atoms with van der Waals surface area (Å²) in [5, 5.41) is 10.1. The first-order valence-electron chi connectivity index (χ1n) is 6.53. The van der Waals surface area contributed by atoms with Crippen molar-refractivity contribution in [2.45, 2.75) is 19.9 Å². The fraction of sp³-hybridized carbons (Fsp3) is 0.385. The number of hydrogen-bond donors (Lipinski definition) is 2. The molecule has 2 heterocycles. The molecule has 0 fully saturated rings. The number of hydrogen-bond acceptors (Lipinski definition) is 5. The third-order valence-corrected chi connectivity index (χ3v) is 2.78. The summed E-state index contributed by atoms with van der Waals surface area (Å²) in [5.74, 6) is 0.438. The van der Waals surface area contributed by atoms with Gasteiger partial charge in [-0.3, -0.25) is 4.79 Å². The summed E-state index contributed by atoms with van der Waals surface area (Å²) in [7, 11) is 0. The van der Waals surface area contributed by atoms with Crippen molar-refractivity contribution in [2.24, 2.45) is 0 Å². The molecule has 0 aliphatic carbocycles. The Morgan fingerprint density at radius 2 is 2.18 bits per heavy atom. The van der Waals surface area contributed by atoms with E-state index in [1.165, 1.54) is 17.3 Å². The lowest BCUT2D eigenvalue weighted by molar-refractivity contribution is 0.0950. The second-order valence-electron chi connectivity index (χ2n) is 4.41. The molecule has 0 aliphatic rings. The molecule has 22 heavy (non-hydrogen) atoms. The highest BCUT2D eigenvalue weighted by atomic mass is 35.5. The van der Waals surface area contributed by atoms with Crippen LogP contribution in [0.15, 0.2) is 31.0 Å². The quantitative estimate of drug-likeness (QED) is 0.821. The molecule has 0 unspecified atom stereocenters. The van der Waals surface area contributed by atoms with E-state index < -0.39 is 0 Å². The number of nitrogens with zero attached hydrogens (tertiary/aromatic N) is 4. The number of nitrogens with one attached hydrogen (secondary N) is 2. The van der Waals surface area contributed by atoms with Crippen LogP contribution in [-0.2, 0) is 0 Å². The zero-order chi connectivity index (χ0) is 14.4. The molecule has 0 aromatic carbocycles. The van der Waals surface area contributed by atoms with E-state index in [-0.39, 0.29) is 36.8 Å². The van der Waals surface area contributed by atoms with Gasteiger partial charge in [-0.2, -0.15) is 5.10 Å². The highest BCUT2D eigenvalue weighted by molar-refractivity contribution is 5.94. The van der Waals surface area contributed by atoms with Gasteiger partial charge in [-0.15, -0.1) is 24.8 Å². The van der Waals surface area contributed by atoms with E-state index in [0.717, 1.165) is 6.54 Å². The van der Waals surface area contributed by atoms with Crippen LogP contribution in [0.2, 0.25) is 0 Å². The monoisotopic (exact) mass is 346 g/mol. The van der Waals surface area contributed by atoms with Crippen molar-refractivity contribution >= 4 is 30.7 Å². The maximum atomic E-state index is 12.1. The van der Waals surface area contributed by atoms with Gasteiger partial charge < -0.3 is 10.6 Å². The van der Waals surface area contributed by atoms with Gasteiger partial charge in [0.05, 0.1) is 0 Å². The standard InChI is InChI=1S/C13H18N6O.2ClH/c1-3-15-10(2)7-17-13(20)11-4-5-16-12(6-11)19-9-14-8-18-19;;/h4-6,8-10,15H,3,7H2,1-2H3,(H,17,20);2*1H/t10-;;/m1../s1. The van der Waals surface area contributed by atoms with E-state index in [9.17, 15) is 4.79 Å². The highest BCUT2D eigenvalue weighted by Gasteiger charge is 2.09. The first-order chi connectivity index (χ1) is 9.70. The Labute approximate surface area is 141 Å². The van der Waals surface area contributed by atoms with E-state index in [1.54, 1.807) is 18.3 Å². The van der Waals surface area contributed by atoms with Crippen LogP contribution in [0.5, 0.6) is 0 Å². The van der Waals surface area contributed by atoms with Gasteiger partial charge in [0, 0.05) is 24.3 Å². The van der Waals surface area contributed by atoms with Gasteiger partial charge in [-0.25, -0.2) is 14.6 Å². The summed E-state index contributed by atoms with van der Waals surface area (Å²) in [4.78, 5) is 20.1. The molecule has 0 aliphatic heterocycles. The number of rotatable bonds is 6. The molecule has 0 saturated heterocycles. The van der Waals surface area contributed by atoms with E-state index in [4.69, 9.17) is 0 Å². The van der Waals surface area contributed by atoms with E-state index in [1.807, 2.05) is 13.8 Å². The minimum atomic E-state index is -0.126. The van der Waals surface area contributed by atoms with Crippen LogP contribution in [0, 0.1) is 0 Å². The molecular weight excluding hydrogens is 327 g/mol. The molecule has 0 spiro atoms. The summed E-state index contributed by atoms with van der Waals surface area (Å²) >= 11 is 0. The normalized spacial score (nSPS) is 11.0. The SMILES string of the molecule is CCN[C@H](C)CNC(=O)c1ccnc(-n2cncn2)c1.Cl.Cl. The molecule has 2 aromatic rings. The molecule has 122 valence electrons. The van der Waals surface area contributed by atoms with Crippen molar-refractivity contribution in [3.8, 4) is 5.82 Å². The van der Waals surface area contributed by atoms with Crippen molar-refractivity contribution in [2.75, 3.05) is 13.1 Å². The summed E-state index contributed by atoms with van der Waals surface area (Å²) in [6.45, 7) is 5.51. The van der Waals surface area contributed by atoms with Crippen LogP contribution in [0.4, 0.5) is 0 Å². The summed E-state index contributed by atoms with van der Waals surface area (Å²) < 4.78 is 1.51. The summed E-state index contributed by atoms with van der Waals surface area (Å²) in [5.41, 5.74) is 0.550. The Balaban J connectivity index is 0.00000220. The smallest absolute Gasteiger partial charge is 0.251 e. The van der Waals surface area contributed by atoms with Crippen LogP contribution in [0.3, 0.4) is 0 Å². The lowest BCUT2D eigenvalue weighted by atomic mass is 10.2. The highest BCUT2D eigenvalue weighted by Crippen LogP contribution is 2.05. The molecule has 9 heteroatoms.